The SMILES string of the molecule is COc1ccc(Br)c(CC(NN)c2ccc(Cl)c(Cl)c2)c1. The van der Waals surface area contributed by atoms with Crippen molar-refractivity contribution in [3.63, 3.8) is 0 Å². The Hall–Kier alpha value is -0.780. The Kier molecular flexibility index (Phi) is 5.90. The van der Waals surface area contributed by atoms with Crippen LogP contribution in [0.1, 0.15) is 17.2 Å². The molecule has 6 heteroatoms. The molecule has 2 rings (SSSR count). The number of methoxy groups -OCH3 is 1. The predicted molar refractivity (Wildman–Crippen MR) is 90.9 cm³/mol. The van der Waals surface area contributed by atoms with Gasteiger partial charge in [0.15, 0.2) is 0 Å². The first kappa shape index (κ1) is 16.6. The van der Waals surface area contributed by atoms with Crippen LogP contribution in [0.15, 0.2) is 40.9 Å². The number of hydrazine groups is 1. The zero-order valence-corrected chi connectivity index (χ0v) is 14.5. The summed E-state index contributed by atoms with van der Waals surface area (Å²) in [7, 11) is 1.64. The molecule has 0 aromatic heterocycles. The summed E-state index contributed by atoms with van der Waals surface area (Å²) < 4.78 is 6.26. The van der Waals surface area contributed by atoms with Crippen molar-refractivity contribution >= 4 is 39.1 Å². The molecule has 0 saturated heterocycles. The van der Waals surface area contributed by atoms with Crippen LogP contribution in [-0.4, -0.2) is 7.11 Å². The van der Waals surface area contributed by atoms with Crippen LogP contribution in [0.25, 0.3) is 0 Å². The monoisotopic (exact) mass is 388 g/mol. The molecule has 0 radical (unpaired) electrons. The summed E-state index contributed by atoms with van der Waals surface area (Å²) in [5.41, 5.74) is 4.88. The maximum atomic E-state index is 6.07. The summed E-state index contributed by atoms with van der Waals surface area (Å²) in [6, 6.07) is 11.3. The van der Waals surface area contributed by atoms with Crippen molar-refractivity contribution in [2.45, 2.75) is 12.5 Å². The molecule has 1 unspecified atom stereocenters. The lowest BCUT2D eigenvalue weighted by molar-refractivity contribution is 0.413. The van der Waals surface area contributed by atoms with Crippen LogP contribution in [0.2, 0.25) is 10.0 Å². The van der Waals surface area contributed by atoms with Gasteiger partial charge >= 0.3 is 0 Å². The summed E-state index contributed by atoms with van der Waals surface area (Å²) in [5.74, 6) is 6.49. The number of halogens is 3. The van der Waals surface area contributed by atoms with Crippen LogP contribution in [0.3, 0.4) is 0 Å². The quantitative estimate of drug-likeness (QED) is 0.584. The molecule has 0 spiro atoms. The normalized spacial score (nSPS) is 12.2. The van der Waals surface area contributed by atoms with Crippen LogP contribution in [0, 0.1) is 0 Å². The van der Waals surface area contributed by atoms with E-state index < -0.39 is 0 Å². The summed E-state index contributed by atoms with van der Waals surface area (Å²) in [4.78, 5) is 0. The van der Waals surface area contributed by atoms with E-state index in [9.17, 15) is 0 Å². The summed E-state index contributed by atoms with van der Waals surface area (Å²) in [6.07, 6.45) is 0.687. The fourth-order valence-corrected chi connectivity index (χ4v) is 2.77. The molecule has 0 amide bonds. The van der Waals surface area contributed by atoms with E-state index in [1.807, 2.05) is 30.3 Å². The number of hydrogen-bond acceptors (Lipinski definition) is 3. The van der Waals surface area contributed by atoms with Gasteiger partial charge in [0.1, 0.15) is 5.75 Å². The highest BCUT2D eigenvalue weighted by Crippen LogP contribution is 2.30. The fraction of sp³-hybridized carbons (Fsp3) is 0.200. The second-order valence-electron chi connectivity index (χ2n) is 4.55. The van der Waals surface area contributed by atoms with Gasteiger partial charge in [0.25, 0.3) is 0 Å². The van der Waals surface area contributed by atoms with Gasteiger partial charge in [-0.1, -0.05) is 45.2 Å². The van der Waals surface area contributed by atoms with Crippen molar-refractivity contribution in [1.82, 2.24) is 5.43 Å². The van der Waals surface area contributed by atoms with E-state index in [1.54, 1.807) is 13.2 Å². The first-order valence-corrected chi connectivity index (χ1v) is 7.83. The second kappa shape index (κ2) is 7.47. The van der Waals surface area contributed by atoms with E-state index >= 15 is 0 Å². The lowest BCUT2D eigenvalue weighted by atomic mass is 9.99. The molecule has 0 heterocycles. The lowest BCUT2D eigenvalue weighted by Gasteiger charge is -2.18. The van der Waals surface area contributed by atoms with Crippen LogP contribution in [-0.2, 0) is 6.42 Å². The van der Waals surface area contributed by atoms with Gasteiger partial charge in [0, 0.05) is 4.47 Å². The molecule has 3 nitrogen and oxygen atoms in total. The molecule has 0 fully saturated rings. The Balaban J connectivity index is 2.28. The maximum Gasteiger partial charge on any atom is 0.119 e. The second-order valence-corrected chi connectivity index (χ2v) is 6.22. The zero-order valence-electron chi connectivity index (χ0n) is 11.4. The third-order valence-corrected chi connectivity index (χ3v) is 4.74. The average Bonchev–Trinajstić information content (AvgIpc) is 2.49. The van der Waals surface area contributed by atoms with Crippen LogP contribution >= 0.6 is 39.1 Å². The van der Waals surface area contributed by atoms with Gasteiger partial charge in [-0.25, -0.2) is 0 Å². The molecule has 0 saturated carbocycles. The number of ether oxygens (including phenoxy) is 1. The molecule has 1 atom stereocenters. The zero-order chi connectivity index (χ0) is 15.4. The van der Waals surface area contributed by atoms with Gasteiger partial charge in [-0.15, -0.1) is 0 Å². The molecule has 0 aliphatic heterocycles. The van der Waals surface area contributed by atoms with Crippen LogP contribution < -0.4 is 16.0 Å². The fourth-order valence-electron chi connectivity index (χ4n) is 2.06. The first-order valence-electron chi connectivity index (χ1n) is 6.28. The topological polar surface area (TPSA) is 47.3 Å². The van der Waals surface area contributed by atoms with Gasteiger partial charge in [0.2, 0.25) is 0 Å². The van der Waals surface area contributed by atoms with Gasteiger partial charge in [-0.3, -0.25) is 11.3 Å². The molecule has 2 aromatic carbocycles. The van der Waals surface area contributed by atoms with Crippen LogP contribution in [0.4, 0.5) is 0 Å². The Morgan fingerprint density at radius 3 is 2.57 bits per heavy atom. The molecule has 0 bridgehead atoms. The highest BCUT2D eigenvalue weighted by molar-refractivity contribution is 9.10. The summed E-state index contributed by atoms with van der Waals surface area (Å²) in [6.45, 7) is 0. The molecule has 3 N–H and O–H groups in total. The van der Waals surface area contributed by atoms with E-state index in [1.165, 1.54) is 0 Å². The van der Waals surface area contributed by atoms with Gasteiger partial charge in [-0.2, -0.15) is 0 Å². The van der Waals surface area contributed by atoms with Crippen molar-refractivity contribution in [2.24, 2.45) is 5.84 Å². The minimum Gasteiger partial charge on any atom is -0.497 e. The van der Waals surface area contributed by atoms with Crippen LogP contribution in [0.5, 0.6) is 5.75 Å². The van der Waals surface area contributed by atoms with Crippen molar-refractivity contribution in [1.29, 1.82) is 0 Å². The van der Waals surface area contributed by atoms with Crippen molar-refractivity contribution < 1.29 is 4.74 Å². The molecule has 0 aliphatic carbocycles. The Labute approximate surface area is 142 Å². The molecule has 0 aliphatic rings. The summed E-state index contributed by atoms with van der Waals surface area (Å²) in [5, 5.41) is 1.04. The lowest BCUT2D eigenvalue weighted by Crippen LogP contribution is -2.29. The van der Waals surface area contributed by atoms with Crippen molar-refractivity contribution in [3.8, 4) is 5.75 Å². The number of rotatable bonds is 5. The third kappa shape index (κ3) is 4.11. The van der Waals surface area contributed by atoms with Crippen molar-refractivity contribution in [2.75, 3.05) is 7.11 Å². The molecule has 21 heavy (non-hydrogen) atoms. The minimum absolute atomic E-state index is 0.0804. The standard InChI is InChI=1S/C15H15BrCl2N2O/c1-21-11-3-4-12(16)10(6-11)8-15(20-19)9-2-5-13(17)14(18)7-9/h2-7,15,20H,8,19H2,1H3. The van der Waals surface area contributed by atoms with Crippen molar-refractivity contribution in [3.05, 3.63) is 62.0 Å². The number of hydrogen-bond donors (Lipinski definition) is 2. The highest BCUT2D eigenvalue weighted by atomic mass is 79.9. The third-order valence-electron chi connectivity index (χ3n) is 3.22. The highest BCUT2D eigenvalue weighted by Gasteiger charge is 2.14. The maximum absolute atomic E-state index is 6.07. The van der Waals surface area contributed by atoms with Gasteiger partial charge in [-0.05, 0) is 47.9 Å². The molecule has 112 valence electrons. The Morgan fingerprint density at radius 2 is 1.95 bits per heavy atom. The minimum atomic E-state index is -0.0804. The Morgan fingerprint density at radius 1 is 1.19 bits per heavy atom. The van der Waals surface area contributed by atoms with E-state index in [-0.39, 0.29) is 6.04 Å². The van der Waals surface area contributed by atoms with E-state index in [2.05, 4.69) is 21.4 Å². The summed E-state index contributed by atoms with van der Waals surface area (Å²) >= 11 is 15.6. The largest absolute Gasteiger partial charge is 0.497 e. The number of nitrogens with two attached hydrogens (primary N) is 1. The molecular weight excluding hydrogens is 375 g/mol. The van der Waals surface area contributed by atoms with Gasteiger partial charge < -0.3 is 4.74 Å². The number of benzene rings is 2. The van der Waals surface area contributed by atoms with E-state index in [0.29, 0.717) is 16.5 Å². The number of nitrogens with one attached hydrogen (secondary N) is 1. The average molecular weight is 390 g/mol. The Bertz CT molecular complexity index is 637. The van der Waals surface area contributed by atoms with E-state index in [0.717, 1.165) is 21.3 Å². The molecular formula is C15H15BrCl2N2O. The smallest absolute Gasteiger partial charge is 0.119 e. The van der Waals surface area contributed by atoms with Gasteiger partial charge in [0.05, 0.1) is 23.2 Å². The molecule has 2 aromatic rings. The van der Waals surface area contributed by atoms with E-state index in [4.69, 9.17) is 33.8 Å². The predicted octanol–water partition coefficient (Wildman–Crippen LogP) is 4.51. The first-order chi connectivity index (χ1) is 10.0.